The van der Waals surface area contributed by atoms with Gasteiger partial charge in [0.2, 0.25) is 0 Å². The lowest BCUT2D eigenvalue weighted by Crippen LogP contribution is -2.03. The number of benzene rings is 1. The molecule has 0 amide bonds. The summed E-state index contributed by atoms with van der Waals surface area (Å²) >= 11 is 3.44. The van der Waals surface area contributed by atoms with Crippen LogP contribution in [0, 0.1) is 13.8 Å². The predicted octanol–water partition coefficient (Wildman–Crippen LogP) is 3.90. The second-order valence-electron chi connectivity index (χ2n) is 4.22. The average molecular weight is 321 g/mol. The summed E-state index contributed by atoms with van der Waals surface area (Å²) < 4.78 is 1.04. The molecule has 4 nitrogen and oxygen atoms in total. The summed E-state index contributed by atoms with van der Waals surface area (Å²) in [7, 11) is 0. The number of anilines is 2. The van der Waals surface area contributed by atoms with Crippen molar-refractivity contribution in [2.24, 2.45) is 0 Å². The summed E-state index contributed by atoms with van der Waals surface area (Å²) in [5.74, 6) is -0.333. The van der Waals surface area contributed by atoms with Gasteiger partial charge in [-0.3, -0.25) is 0 Å². The van der Waals surface area contributed by atoms with Gasteiger partial charge in [-0.15, -0.1) is 0 Å². The first-order valence-corrected chi connectivity index (χ1v) is 6.51. The maximum Gasteiger partial charge on any atom is 0.337 e. The molecule has 0 radical (unpaired) electrons. The van der Waals surface area contributed by atoms with Crippen LogP contribution in [0.4, 0.5) is 11.5 Å². The summed E-state index contributed by atoms with van der Waals surface area (Å²) in [6.07, 6.45) is 0. The zero-order valence-electron chi connectivity index (χ0n) is 10.6. The molecule has 2 aromatic rings. The van der Waals surface area contributed by atoms with E-state index in [9.17, 15) is 4.79 Å². The second-order valence-corrected chi connectivity index (χ2v) is 5.08. The molecule has 0 atom stereocenters. The molecule has 0 aliphatic heterocycles. The summed E-state index contributed by atoms with van der Waals surface area (Å²) in [4.78, 5) is 15.1. The van der Waals surface area contributed by atoms with Crippen LogP contribution in [-0.2, 0) is 0 Å². The molecule has 98 valence electrons. The first-order chi connectivity index (χ1) is 8.97. The molecule has 0 unspecified atom stereocenters. The number of carbonyl (C=O) groups is 1. The van der Waals surface area contributed by atoms with Crippen molar-refractivity contribution >= 4 is 33.4 Å². The van der Waals surface area contributed by atoms with Gasteiger partial charge in [-0.25, -0.2) is 9.78 Å². The molecular weight excluding hydrogens is 308 g/mol. The van der Waals surface area contributed by atoms with Gasteiger partial charge in [-0.1, -0.05) is 15.9 Å². The number of hydrogen-bond acceptors (Lipinski definition) is 3. The first-order valence-electron chi connectivity index (χ1n) is 5.71. The number of aromatic carboxylic acids is 1. The molecule has 0 aliphatic rings. The maximum atomic E-state index is 10.9. The number of rotatable bonds is 3. The maximum absolute atomic E-state index is 10.9. The quantitative estimate of drug-likeness (QED) is 0.900. The van der Waals surface area contributed by atoms with E-state index < -0.39 is 5.97 Å². The summed E-state index contributed by atoms with van der Waals surface area (Å²) in [5, 5.41) is 12.1. The van der Waals surface area contributed by atoms with Crippen LogP contribution in [0.25, 0.3) is 0 Å². The zero-order valence-corrected chi connectivity index (χ0v) is 12.2. The number of aromatic nitrogens is 1. The Kier molecular flexibility index (Phi) is 3.85. The molecule has 1 heterocycles. The largest absolute Gasteiger partial charge is 0.478 e. The monoisotopic (exact) mass is 320 g/mol. The lowest BCUT2D eigenvalue weighted by Gasteiger charge is -2.09. The standard InChI is InChI=1S/C14H13BrN2O2/c1-8-7-10(3-5-12(8)15)17-13-6-4-11(14(18)19)9(2)16-13/h3-7H,1-2H3,(H,16,17)(H,18,19). The molecule has 19 heavy (non-hydrogen) atoms. The summed E-state index contributed by atoms with van der Waals surface area (Å²) in [6.45, 7) is 3.68. The van der Waals surface area contributed by atoms with Crippen molar-refractivity contribution in [2.75, 3.05) is 5.32 Å². The number of carboxylic acids is 1. The molecule has 0 saturated carbocycles. The van der Waals surface area contributed by atoms with Gasteiger partial charge in [0, 0.05) is 10.2 Å². The van der Waals surface area contributed by atoms with Crippen LogP contribution in [0.15, 0.2) is 34.8 Å². The van der Waals surface area contributed by atoms with Gasteiger partial charge in [0.15, 0.2) is 0 Å². The van der Waals surface area contributed by atoms with E-state index >= 15 is 0 Å². The van der Waals surface area contributed by atoms with Crippen molar-refractivity contribution in [3.05, 3.63) is 51.6 Å². The van der Waals surface area contributed by atoms with E-state index in [4.69, 9.17) is 5.11 Å². The van der Waals surface area contributed by atoms with Crippen molar-refractivity contribution in [3.63, 3.8) is 0 Å². The fourth-order valence-electron chi connectivity index (χ4n) is 1.73. The number of pyridine rings is 1. The number of nitrogens with one attached hydrogen (secondary N) is 1. The van der Waals surface area contributed by atoms with Gasteiger partial charge in [0.05, 0.1) is 11.3 Å². The third-order valence-corrected chi connectivity index (χ3v) is 3.64. The van der Waals surface area contributed by atoms with Gasteiger partial charge in [-0.2, -0.15) is 0 Å². The van der Waals surface area contributed by atoms with Crippen LogP contribution in [0.2, 0.25) is 0 Å². The predicted molar refractivity (Wildman–Crippen MR) is 78.1 cm³/mol. The van der Waals surface area contributed by atoms with E-state index in [0.717, 1.165) is 15.7 Å². The van der Waals surface area contributed by atoms with E-state index in [1.165, 1.54) is 0 Å². The minimum atomic E-state index is -0.962. The van der Waals surface area contributed by atoms with E-state index in [-0.39, 0.29) is 5.56 Å². The fraction of sp³-hybridized carbons (Fsp3) is 0.143. The number of carboxylic acid groups (broad SMARTS) is 1. The SMILES string of the molecule is Cc1cc(Nc2ccc(C(=O)O)c(C)n2)ccc1Br. The molecule has 0 aliphatic carbocycles. The highest BCUT2D eigenvalue weighted by Crippen LogP contribution is 2.22. The van der Waals surface area contributed by atoms with Crippen LogP contribution in [-0.4, -0.2) is 16.1 Å². The van der Waals surface area contributed by atoms with E-state index in [1.54, 1.807) is 19.1 Å². The molecule has 1 aromatic carbocycles. The molecule has 2 rings (SSSR count). The topological polar surface area (TPSA) is 62.2 Å². The molecule has 0 saturated heterocycles. The molecule has 0 fully saturated rings. The van der Waals surface area contributed by atoms with E-state index in [2.05, 4.69) is 26.2 Å². The van der Waals surface area contributed by atoms with Gasteiger partial charge in [0.1, 0.15) is 5.82 Å². The van der Waals surface area contributed by atoms with Crippen molar-refractivity contribution in [2.45, 2.75) is 13.8 Å². The molecule has 2 N–H and O–H groups in total. The molecule has 1 aromatic heterocycles. The van der Waals surface area contributed by atoms with Crippen LogP contribution in [0.5, 0.6) is 0 Å². The minimum absolute atomic E-state index is 0.220. The third-order valence-electron chi connectivity index (χ3n) is 2.75. The Morgan fingerprint density at radius 3 is 2.58 bits per heavy atom. The number of halogens is 1. The highest BCUT2D eigenvalue weighted by Gasteiger charge is 2.08. The third kappa shape index (κ3) is 3.12. The van der Waals surface area contributed by atoms with Crippen molar-refractivity contribution in [3.8, 4) is 0 Å². The van der Waals surface area contributed by atoms with Gasteiger partial charge in [-0.05, 0) is 49.7 Å². The lowest BCUT2D eigenvalue weighted by molar-refractivity contribution is 0.0695. The van der Waals surface area contributed by atoms with Gasteiger partial charge in [0.25, 0.3) is 0 Å². The van der Waals surface area contributed by atoms with E-state index in [0.29, 0.717) is 11.5 Å². The highest BCUT2D eigenvalue weighted by atomic mass is 79.9. The van der Waals surface area contributed by atoms with E-state index in [1.807, 2.05) is 25.1 Å². The average Bonchev–Trinajstić information content (AvgIpc) is 2.33. The molecule has 0 bridgehead atoms. The molecular formula is C14H13BrN2O2. The zero-order chi connectivity index (χ0) is 14.0. The smallest absolute Gasteiger partial charge is 0.337 e. The number of aryl methyl sites for hydroxylation is 2. The first kappa shape index (κ1) is 13.5. The van der Waals surface area contributed by atoms with Crippen molar-refractivity contribution < 1.29 is 9.90 Å². The molecule has 5 heteroatoms. The fourth-order valence-corrected chi connectivity index (χ4v) is 1.97. The van der Waals surface area contributed by atoms with Crippen LogP contribution in [0.3, 0.4) is 0 Å². The van der Waals surface area contributed by atoms with Crippen molar-refractivity contribution in [1.29, 1.82) is 0 Å². The minimum Gasteiger partial charge on any atom is -0.478 e. The van der Waals surface area contributed by atoms with Gasteiger partial charge >= 0.3 is 5.97 Å². The number of nitrogens with zero attached hydrogens (tertiary/aromatic N) is 1. The highest BCUT2D eigenvalue weighted by molar-refractivity contribution is 9.10. The van der Waals surface area contributed by atoms with Gasteiger partial charge < -0.3 is 10.4 Å². The Morgan fingerprint density at radius 1 is 1.26 bits per heavy atom. The Bertz CT molecular complexity index is 641. The normalized spacial score (nSPS) is 10.3. The van der Waals surface area contributed by atoms with Crippen molar-refractivity contribution in [1.82, 2.24) is 4.98 Å². The Labute approximate surface area is 119 Å². The van der Waals surface area contributed by atoms with Crippen LogP contribution < -0.4 is 5.32 Å². The van der Waals surface area contributed by atoms with Crippen LogP contribution in [0.1, 0.15) is 21.6 Å². The second kappa shape index (κ2) is 5.40. The van der Waals surface area contributed by atoms with Crippen LogP contribution >= 0.6 is 15.9 Å². The summed E-state index contributed by atoms with van der Waals surface area (Å²) in [6, 6.07) is 9.09. The number of hydrogen-bond donors (Lipinski definition) is 2. The lowest BCUT2D eigenvalue weighted by atomic mass is 10.2. The molecule has 0 spiro atoms. The Balaban J connectivity index is 2.26. The Morgan fingerprint density at radius 2 is 2.00 bits per heavy atom. The Hall–Kier alpha value is -1.88. The summed E-state index contributed by atoms with van der Waals surface area (Å²) in [5.41, 5.74) is 2.74.